The van der Waals surface area contributed by atoms with E-state index in [9.17, 15) is 0 Å². The topological polar surface area (TPSA) is 62.6 Å². The lowest BCUT2D eigenvalue weighted by Crippen LogP contribution is -2.21. The Bertz CT molecular complexity index is 241. The fourth-order valence-corrected chi connectivity index (χ4v) is 0.694. The summed E-state index contributed by atoms with van der Waals surface area (Å²) in [6.45, 7) is 1.77. The molecule has 0 bridgehead atoms. The van der Waals surface area contributed by atoms with Crippen molar-refractivity contribution in [1.82, 2.24) is 4.98 Å². The van der Waals surface area contributed by atoms with Crippen molar-refractivity contribution in [1.29, 1.82) is 0 Å². The third-order valence-electron chi connectivity index (χ3n) is 1.18. The first-order chi connectivity index (χ1) is 5.20. The summed E-state index contributed by atoms with van der Waals surface area (Å²) in [7, 11) is -1.80. The van der Waals surface area contributed by atoms with Crippen LogP contribution in [0.4, 0.5) is 0 Å². The molecule has 0 aromatic carbocycles. The average molecular weight is 153 g/mol. The first kappa shape index (κ1) is 8.04. The lowest BCUT2D eigenvalue weighted by molar-refractivity contribution is 0.282. The number of hydrogen-bond acceptors (Lipinski definition) is 4. The van der Waals surface area contributed by atoms with E-state index in [1.165, 1.54) is 6.20 Å². The highest BCUT2D eigenvalue weighted by atomic mass is 16.6. The van der Waals surface area contributed by atoms with Gasteiger partial charge in [0.15, 0.2) is 0 Å². The van der Waals surface area contributed by atoms with Crippen LogP contribution < -0.4 is 4.65 Å². The molecule has 1 aromatic rings. The van der Waals surface area contributed by atoms with Crippen LogP contribution in [0.1, 0.15) is 5.56 Å². The first-order valence-corrected chi connectivity index (χ1v) is 3.14. The normalized spacial score (nSPS) is 9.36. The summed E-state index contributed by atoms with van der Waals surface area (Å²) in [5, 5.41) is 16.8. The lowest BCUT2D eigenvalue weighted by atomic mass is 10.2. The van der Waals surface area contributed by atoms with E-state index in [1.54, 1.807) is 19.1 Å². The van der Waals surface area contributed by atoms with Crippen LogP contribution in [-0.2, 0) is 0 Å². The second-order valence-electron chi connectivity index (χ2n) is 2.07. The molecule has 58 valence electrons. The van der Waals surface area contributed by atoms with Crippen LogP contribution in [0.3, 0.4) is 0 Å². The summed E-state index contributed by atoms with van der Waals surface area (Å²) in [5.74, 6) is 0.238. The van der Waals surface area contributed by atoms with E-state index in [0.717, 1.165) is 5.56 Å². The summed E-state index contributed by atoms with van der Waals surface area (Å²) in [6.07, 6.45) is 1.52. The summed E-state index contributed by atoms with van der Waals surface area (Å²) in [5.41, 5.74) is 0.764. The van der Waals surface area contributed by atoms with Gasteiger partial charge in [-0.2, -0.15) is 0 Å². The van der Waals surface area contributed by atoms with E-state index in [0.29, 0.717) is 0 Å². The molecule has 0 radical (unpaired) electrons. The third kappa shape index (κ3) is 2.21. The predicted molar refractivity (Wildman–Crippen MR) is 39.8 cm³/mol. The van der Waals surface area contributed by atoms with Crippen molar-refractivity contribution in [3.05, 3.63) is 23.9 Å². The molecular weight excluding hydrogens is 145 g/mol. The van der Waals surface area contributed by atoms with Crippen LogP contribution >= 0.6 is 0 Å². The average Bonchev–Trinajstić information content (AvgIpc) is 1.93. The van der Waals surface area contributed by atoms with E-state index in [2.05, 4.69) is 9.64 Å². The maximum atomic E-state index is 8.42. The van der Waals surface area contributed by atoms with Crippen molar-refractivity contribution in [2.24, 2.45) is 0 Å². The van der Waals surface area contributed by atoms with Gasteiger partial charge in [-0.05, 0) is 13.0 Å². The molecule has 2 N–H and O–H groups in total. The Hall–Kier alpha value is -1.07. The van der Waals surface area contributed by atoms with Crippen molar-refractivity contribution in [2.45, 2.75) is 6.92 Å². The van der Waals surface area contributed by atoms with E-state index in [1.807, 2.05) is 0 Å². The van der Waals surface area contributed by atoms with Gasteiger partial charge < -0.3 is 14.7 Å². The molecule has 0 saturated carbocycles. The van der Waals surface area contributed by atoms with Crippen LogP contribution in [0.15, 0.2) is 18.3 Å². The molecule has 0 unspecified atom stereocenters. The number of aryl methyl sites for hydroxylation is 1. The molecule has 0 fully saturated rings. The highest BCUT2D eigenvalue weighted by Gasteiger charge is 2.12. The maximum Gasteiger partial charge on any atom is 0.708 e. The van der Waals surface area contributed by atoms with Crippen molar-refractivity contribution in [3.8, 4) is 5.88 Å². The number of rotatable bonds is 2. The Labute approximate surface area is 64.6 Å². The minimum Gasteiger partial charge on any atom is -0.497 e. The van der Waals surface area contributed by atoms with Gasteiger partial charge in [0.2, 0.25) is 5.88 Å². The standard InChI is InChI=1S/C6H8BNO3/c1-5-3-2-4-8-6(5)11-7(9)10/h2-4,9-10H,1H3. The fourth-order valence-electron chi connectivity index (χ4n) is 0.694. The minimum atomic E-state index is -1.80. The monoisotopic (exact) mass is 153 g/mol. The zero-order valence-electron chi connectivity index (χ0n) is 6.06. The highest BCUT2D eigenvalue weighted by molar-refractivity contribution is 6.33. The molecule has 0 amide bonds. The molecule has 0 aliphatic heterocycles. The van der Waals surface area contributed by atoms with Crippen molar-refractivity contribution in [2.75, 3.05) is 0 Å². The van der Waals surface area contributed by atoms with Gasteiger partial charge in [-0.15, -0.1) is 0 Å². The summed E-state index contributed by atoms with van der Waals surface area (Å²) in [4.78, 5) is 3.78. The summed E-state index contributed by atoms with van der Waals surface area (Å²) < 4.78 is 4.54. The second-order valence-corrected chi connectivity index (χ2v) is 2.07. The summed E-state index contributed by atoms with van der Waals surface area (Å²) >= 11 is 0. The molecule has 1 rings (SSSR count). The maximum absolute atomic E-state index is 8.42. The minimum absolute atomic E-state index is 0.238. The number of nitrogens with zero attached hydrogens (tertiary/aromatic N) is 1. The Morgan fingerprint density at radius 2 is 2.27 bits per heavy atom. The van der Waals surface area contributed by atoms with Crippen LogP contribution in [0.5, 0.6) is 5.88 Å². The van der Waals surface area contributed by atoms with Crippen LogP contribution in [0.25, 0.3) is 0 Å². The van der Waals surface area contributed by atoms with Gasteiger partial charge in [0.05, 0.1) is 0 Å². The quantitative estimate of drug-likeness (QED) is 0.574. The van der Waals surface area contributed by atoms with E-state index < -0.39 is 7.32 Å². The lowest BCUT2D eigenvalue weighted by Gasteiger charge is -2.04. The van der Waals surface area contributed by atoms with E-state index in [4.69, 9.17) is 10.0 Å². The van der Waals surface area contributed by atoms with Gasteiger partial charge >= 0.3 is 7.32 Å². The molecule has 0 aliphatic carbocycles. The molecule has 4 nitrogen and oxygen atoms in total. The molecule has 1 heterocycles. The Morgan fingerprint density at radius 3 is 2.82 bits per heavy atom. The van der Waals surface area contributed by atoms with Gasteiger partial charge in [-0.3, -0.25) is 0 Å². The zero-order chi connectivity index (χ0) is 8.27. The molecule has 0 spiro atoms. The largest absolute Gasteiger partial charge is 0.708 e. The molecule has 11 heavy (non-hydrogen) atoms. The van der Waals surface area contributed by atoms with Gasteiger partial charge in [-0.25, -0.2) is 4.98 Å². The molecule has 0 saturated heterocycles. The van der Waals surface area contributed by atoms with Crippen molar-refractivity contribution >= 4 is 7.32 Å². The Morgan fingerprint density at radius 1 is 1.55 bits per heavy atom. The van der Waals surface area contributed by atoms with Crippen LogP contribution in [0.2, 0.25) is 0 Å². The Balaban J connectivity index is 2.78. The summed E-state index contributed by atoms with van der Waals surface area (Å²) in [6, 6.07) is 3.51. The number of aromatic nitrogens is 1. The fraction of sp³-hybridized carbons (Fsp3) is 0.167. The SMILES string of the molecule is Cc1cccnc1OB(O)O. The van der Waals surface area contributed by atoms with E-state index >= 15 is 0 Å². The molecule has 0 aliphatic rings. The van der Waals surface area contributed by atoms with Crippen LogP contribution in [0, 0.1) is 6.92 Å². The number of hydrogen-bond donors (Lipinski definition) is 2. The predicted octanol–water partition coefficient (Wildman–Crippen LogP) is -0.262. The molecular formula is C6H8BNO3. The van der Waals surface area contributed by atoms with Gasteiger partial charge in [0, 0.05) is 11.8 Å². The second kappa shape index (κ2) is 3.36. The van der Waals surface area contributed by atoms with E-state index in [-0.39, 0.29) is 5.88 Å². The molecule has 0 atom stereocenters. The zero-order valence-corrected chi connectivity index (χ0v) is 6.06. The number of pyridine rings is 1. The van der Waals surface area contributed by atoms with Gasteiger partial charge in [-0.1, -0.05) is 6.07 Å². The van der Waals surface area contributed by atoms with Crippen LogP contribution in [-0.4, -0.2) is 22.4 Å². The molecule has 5 heteroatoms. The first-order valence-electron chi connectivity index (χ1n) is 3.14. The smallest absolute Gasteiger partial charge is 0.497 e. The van der Waals surface area contributed by atoms with Crippen molar-refractivity contribution < 1.29 is 14.7 Å². The highest BCUT2D eigenvalue weighted by Crippen LogP contribution is 2.11. The molecule has 1 aromatic heterocycles. The Kier molecular flexibility index (Phi) is 2.46. The third-order valence-corrected chi connectivity index (χ3v) is 1.18. The van der Waals surface area contributed by atoms with Crippen molar-refractivity contribution in [3.63, 3.8) is 0 Å². The van der Waals surface area contributed by atoms with Gasteiger partial charge in [0.1, 0.15) is 0 Å². The van der Waals surface area contributed by atoms with Gasteiger partial charge in [0.25, 0.3) is 0 Å².